The van der Waals surface area contributed by atoms with Gasteiger partial charge in [0.2, 0.25) is 10.0 Å². The number of halogens is 1. The van der Waals surface area contributed by atoms with Crippen LogP contribution in [0.25, 0.3) is 10.1 Å². The third-order valence-electron chi connectivity index (χ3n) is 5.06. The highest BCUT2D eigenvalue weighted by Crippen LogP contribution is 2.40. The Morgan fingerprint density at radius 1 is 1.27 bits per heavy atom. The first-order valence-corrected chi connectivity index (χ1v) is 12.7. The Kier molecular flexibility index (Phi) is 6.88. The monoisotopic (exact) mass is 511 g/mol. The molecule has 0 radical (unpaired) electrons. The molecule has 1 atom stereocenters. The smallest absolute Gasteiger partial charge is 0.216 e. The Morgan fingerprint density at radius 2 is 1.93 bits per heavy atom. The molecule has 2 N–H and O–H groups in total. The number of aryl methyl sites for hydroxylation is 1. The first-order chi connectivity index (χ1) is 14.1. The molecule has 3 aromatic rings. The summed E-state index contributed by atoms with van der Waals surface area (Å²) in [5, 5.41) is 1.07. The number of hydrogen-bond donors (Lipinski definition) is 1. The van der Waals surface area contributed by atoms with E-state index in [1.165, 1.54) is 15.6 Å². The van der Waals surface area contributed by atoms with E-state index < -0.39 is 15.6 Å². The molecule has 162 valence electrons. The van der Waals surface area contributed by atoms with Gasteiger partial charge in [-0.05, 0) is 58.6 Å². The number of aromatic nitrogens is 1. The van der Waals surface area contributed by atoms with Crippen molar-refractivity contribution in [2.45, 2.75) is 32.4 Å². The standard InChI is InChI=1S/C21H26BrN3O3S2/c1-5-16-17-10-11-24-20(22)18(17)29-19(16)21(2,23)13-30(26,27)25(3)12-14-6-8-15(28-4)9-7-14/h6-11H,5,12-13,23H2,1-4H3. The van der Waals surface area contributed by atoms with Crippen LogP contribution in [0.3, 0.4) is 0 Å². The topological polar surface area (TPSA) is 85.5 Å². The van der Waals surface area contributed by atoms with Crippen LogP contribution in [0, 0.1) is 0 Å². The molecule has 0 aliphatic carbocycles. The van der Waals surface area contributed by atoms with E-state index in [9.17, 15) is 8.42 Å². The number of sulfonamides is 1. The van der Waals surface area contributed by atoms with Crippen molar-refractivity contribution in [1.29, 1.82) is 0 Å². The zero-order valence-corrected chi connectivity index (χ0v) is 20.7. The Hall–Kier alpha value is -1.52. The van der Waals surface area contributed by atoms with Gasteiger partial charge in [-0.1, -0.05) is 19.1 Å². The van der Waals surface area contributed by atoms with Crippen molar-refractivity contribution in [3.8, 4) is 5.75 Å². The van der Waals surface area contributed by atoms with Crippen molar-refractivity contribution in [1.82, 2.24) is 9.29 Å². The molecule has 0 aliphatic heterocycles. The first-order valence-electron chi connectivity index (χ1n) is 9.51. The highest BCUT2D eigenvalue weighted by atomic mass is 79.9. The van der Waals surface area contributed by atoms with Gasteiger partial charge in [-0.3, -0.25) is 0 Å². The van der Waals surface area contributed by atoms with Crippen LogP contribution in [-0.4, -0.2) is 37.6 Å². The van der Waals surface area contributed by atoms with Crippen LogP contribution in [0.4, 0.5) is 0 Å². The summed E-state index contributed by atoms with van der Waals surface area (Å²) in [6.45, 7) is 4.11. The zero-order chi connectivity index (χ0) is 22.1. The van der Waals surface area contributed by atoms with E-state index in [4.69, 9.17) is 10.5 Å². The molecule has 0 aliphatic rings. The van der Waals surface area contributed by atoms with Crippen molar-refractivity contribution in [2.24, 2.45) is 5.73 Å². The second-order valence-electron chi connectivity index (χ2n) is 7.52. The number of thiophene rings is 1. The number of hydrogen-bond acceptors (Lipinski definition) is 6. The van der Waals surface area contributed by atoms with E-state index in [-0.39, 0.29) is 12.3 Å². The predicted molar refractivity (Wildman–Crippen MR) is 126 cm³/mol. The van der Waals surface area contributed by atoms with Crippen molar-refractivity contribution in [3.63, 3.8) is 0 Å². The van der Waals surface area contributed by atoms with E-state index in [0.717, 1.165) is 42.9 Å². The molecule has 0 spiro atoms. The predicted octanol–water partition coefficient (Wildman–Crippen LogP) is 4.27. The number of ether oxygens (including phenoxy) is 1. The van der Waals surface area contributed by atoms with E-state index in [1.807, 2.05) is 30.3 Å². The molecule has 3 rings (SSSR count). The van der Waals surface area contributed by atoms with Crippen LogP contribution in [0.2, 0.25) is 0 Å². The van der Waals surface area contributed by atoms with E-state index in [2.05, 4.69) is 27.8 Å². The number of fused-ring (bicyclic) bond motifs is 1. The molecule has 0 bridgehead atoms. The molecule has 0 fully saturated rings. The van der Waals surface area contributed by atoms with E-state index in [0.29, 0.717) is 0 Å². The van der Waals surface area contributed by atoms with Gasteiger partial charge in [0.15, 0.2) is 0 Å². The highest BCUT2D eigenvalue weighted by Gasteiger charge is 2.35. The third kappa shape index (κ3) is 4.70. The minimum Gasteiger partial charge on any atom is -0.497 e. The lowest BCUT2D eigenvalue weighted by molar-refractivity contribution is 0.414. The summed E-state index contributed by atoms with van der Waals surface area (Å²) in [5.74, 6) is 0.550. The second kappa shape index (κ2) is 8.92. The lowest BCUT2D eigenvalue weighted by Gasteiger charge is -2.28. The SMILES string of the molecule is CCc1c(C(C)(N)CS(=O)(=O)N(C)Cc2ccc(OC)cc2)sc2c(Br)nccc12. The van der Waals surface area contributed by atoms with Crippen LogP contribution in [-0.2, 0) is 28.5 Å². The number of pyridine rings is 1. The Labute approximate surface area is 190 Å². The number of methoxy groups -OCH3 is 1. The molecule has 2 heterocycles. The molecule has 9 heteroatoms. The summed E-state index contributed by atoms with van der Waals surface area (Å²) in [5.41, 5.74) is 7.57. The Morgan fingerprint density at radius 3 is 2.53 bits per heavy atom. The molecule has 30 heavy (non-hydrogen) atoms. The van der Waals surface area contributed by atoms with Crippen LogP contribution >= 0.6 is 27.3 Å². The fourth-order valence-corrected chi connectivity index (χ4v) is 6.96. The number of nitrogens with two attached hydrogens (primary N) is 1. The largest absolute Gasteiger partial charge is 0.497 e. The van der Waals surface area contributed by atoms with Crippen molar-refractivity contribution in [3.05, 3.63) is 57.1 Å². The van der Waals surface area contributed by atoms with Gasteiger partial charge in [0, 0.05) is 30.1 Å². The van der Waals surface area contributed by atoms with Gasteiger partial charge >= 0.3 is 0 Å². The lowest BCUT2D eigenvalue weighted by atomic mass is 9.97. The van der Waals surface area contributed by atoms with Gasteiger partial charge in [0.25, 0.3) is 0 Å². The summed E-state index contributed by atoms with van der Waals surface area (Å²) in [4.78, 5) is 5.18. The second-order valence-corrected chi connectivity index (χ2v) is 11.4. The molecule has 0 amide bonds. The first kappa shape index (κ1) is 23.1. The molecular formula is C21H26BrN3O3S2. The normalized spacial score (nSPS) is 14.2. The third-order valence-corrected chi connectivity index (χ3v) is 9.50. The highest BCUT2D eigenvalue weighted by molar-refractivity contribution is 9.10. The molecule has 0 saturated carbocycles. The van der Waals surface area contributed by atoms with Gasteiger partial charge < -0.3 is 10.5 Å². The van der Waals surface area contributed by atoms with Crippen LogP contribution in [0.15, 0.2) is 41.1 Å². The number of nitrogens with zero attached hydrogens (tertiary/aromatic N) is 2. The molecule has 1 unspecified atom stereocenters. The maximum Gasteiger partial charge on any atom is 0.216 e. The number of benzene rings is 1. The van der Waals surface area contributed by atoms with Crippen LogP contribution in [0.5, 0.6) is 5.75 Å². The average Bonchev–Trinajstić information content (AvgIpc) is 3.09. The van der Waals surface area contributed by atoms with Crippen LogP contribution < -0.4 is 10.5 Å². The van der Waals surface area contributed by atoms with E-state index in [1.54, 1.807) is 27.3 Å². The number of rotatable bonds is 8. The average molecular weight is 512 g/mol. The molecule has 6 nitrogen and oxygen atoms in total. The minimum atomic E-state index is -3.60. The Balaban J connectivity index is 1.87. The summed E-state index contributed by atoms with van der Waals surface area (Å²) in [6, 6.07) is 9.31. The van der Waals surface area contributed by atoms with Gasteiger partial charge in [0.1, 0.15) is 10.4 Å². The van der Waals surface area contributed by atoms with Crippen molar-refractivity contribution < 1.29 is 13.2 Å². The van der Waals surface area contributed by atoms with Crippen molar-refractivity contribution in [2.75, 3.05) is 19.9 Å². The Bertz CT molecular complexity index is 1140. The van der Waals surface area contributed by atoms with Crippen molar-refractivity contribution >= 4 is 47.4 Å². The zero-order valence-electron chi connectivity index (χ0n) is 17.5. The maximum absolute atomic E-state index is 13.1. The summed E-state index contributed by atoms with van der Waals surface area (Å²) in [6.07, 6.45) is 2.51. The minimum absolute atomic E-state index is 0.183. The maximum atomic E-state index is 13.1. The fourth-order valence-electron chi connectivity index (χ4n) is 3.50. The summed E-state index contributed by atoms with van der Waals surface area (Å²) < 4.78 is 34.5. The molecule has 0 saturated heterocycles. The van der Waals surface area contributed by atoms with Crippen LogP contribution in [0.1, 0.15) is 29.9 Å². The lowest BCUT2D eigenvalue weighted by Crippen LogP contribution is -2.44. The van der Waals surface area contributed by atoms with Gasteiger partial charge in [-0.15, -0.1) is 11.3 Å². The van der Waals surface area contributed by atoms with Gasteiger partial charge in [0.05, 0.1) is 23.1 Å². The van der Waals surface area contributed by atoms with Gasteiger partial charge in [-0.2, -0.15) is 0 Å². The summed E-state index contributed by atoms with van der Waals surface area (Å²) >= 11 is 5.01. The fraction of sp³-hybridized carbons (Fsp3) is 0.381. The van der Waals surface area contributed by atoms with E-state index >= 15 is 0 Å². The van der Waals surface area contributed by atoms with Gasteiger partial charge in [-0.25, -0.2) is 17.7 Å². The summed E-state index contributed by atoms with van der Waals surface area (Å²) in [7, 11) is -0.413. The molecular weight excluding hydrogens is 486 g/mol. The molecule has 2 aromatic heterocycles. The molecule has 1 aromatic carbocycles. The quantitative estimate of drug-likeness (QED) is 0.456.